The molecule has 118 valence electrons. The third-order valence-electron chi connectivity index (χ3n) is 4.15. The molecule has 1 fully saturated rings. The summed E-state index contributed by atoms with van der Waals surface area (Å²) in [5, 5.41) is 10.6. The first-order valence-corrected chi connectivity index (χ1v) is 7.68. The second-order valence-electron chi connectivity index (χ2n) is 5.57. The Labute approximate surface area is 126 Å². The van der Waals surface area contributed by atoms with Crippen molar-refractivity contribution in [1.82, 2.24) is 30.3 Å². The van der Waals surface area contributed by atoms with Gasteiger partial charge in [-0.25, -0.2) is 4.98 Å². The summed E-state index contributed by atoms with van der Waals surface area (Å²) in [5.41, 5.74) is 0. The van der Waals surface area contributed by atoms with Crippen LogP contribution < -0.4 is 10.6 Å². The van der Waals surface area contributed by atoms with Crippen LogP contribution in [0.2, 0.25) is 0 Å². The van der Waals surface area contributed by atoms with Gasteiger partial charge in [0.2, 0.25) is 0 Å². The van der Waals surface area contributed by atoms with Crippen LogP contribution in [0.15, 0.2) is 11.3 Å². The van der Waals surface area contributed by atoms with Crippen LogP contribution in [0, 0.1) is 0 Å². The molecule has 2 N–H and O–H groups in total. The predicted octanol–water partition coefficient (Wildman–Crippen LogP) is 0.355. The first-order chi connectivity index (χ1) is 10.2. The summed E-state index contributed by atoms with van der Waals surface area (Å²) in [6, 6.07) is 0.764. The maximum Gasteiger partial charge on any atom is 0.191 e. The SMILES string of the molecule is CN=C(NCCN(C)C1CCCC1)NCc1ncnn1C. The molecule has 0 bridgehead atoms. The smallest absolute Gasteiger partial charge is 0.191 e. The molecule has 21 heavy (non-hydrogen) atoms. The zero-order valence-electron chi connectivity index (χ0n) is 13.3. The molecule has 7 heteroatoms. The van der Waals surface area contributed by atoms with Crippen LogP contribution in [0.3, 0.4) is 0 Å². The second kappa shape index (κ2) is 7.97. The van der Waals surface area contributed by atoms with E-state index >= 15 is 0 Å². The maximum atomic E-state index is 4.23. The number of hydrogen-bond donors (Lipinski definition) is 2. The lowest BCUT2D eigenvalue weighted by Crippen LogP contribution is -2.42. The Kier molecular flexibility index (Phi) is 5.98. The van der Waals surface area contributed by atoms with Gasteiger partial charge >= 0.3 is 0 Å². The average Bonchev–Trinajstić information content (AvgIpc) is 3.14. The van der Waals surface area contributed by atoms with E-state index in [0.29, 0.717) is 6.54 Å². The Morgan fingerprint density at radius 3 is 2.81 bits per heavy atom. The van der Waals surface area contributed by atoms with Crippen molar-refractivity contribution in [2.24, 2.45) is 12.0 Å². The normalized spacial score (nSPS) is 16.7. The Bertz CT molecular complexity index is 448. The van der Waals surface area contributed by atoms with Crippen molar-refractivity contribution in [3.05, 3.63) is 12.2 Å². The molecule has 1 aromatic heterocycles. The van der Waals surface area contributed by atoms with E-state index in [4.69, 9.17) is 0 Å². The minimum Gasteiger partial charge on any atom is -0.355 e. The van der Waals surface area contributed by atoms with Crippen molar-refractivity contribution in [1.29, 1.82) is 0 Å². The Morgan fingerprint density at radius 1 is 1.43 bits per heavy atom. The van der Waals surface area contributed by atoms with Crippen molar-refractivity contribution in [2.45, 2.75) is 38.3 Å². The van der Waals surface area contributed by atoms with Gasteiger partial charge in [-0.05, 0) is 19.9 Å². The van der Waals surface area contributed by atoms with Gasteiger partial charge in [0, 0.05) is 33.2 Å². The van der Waals surface area contributed by atoms with Crippen LogP contribution in [0.25, 0.3) is 0 Å². The van der Waals surface area contributed by atoms with Crippen LogP contribution in [0.1, 0.15) is 31.5 Å². The fourth-order valence-corrected chi connectivity index (χ4v) is 2.74. The first kappa shape index (κ1) is 15.8. The van der Waals surface area contributed by atoms with Crippen LogP contribution in [0.4, 0.5) is 0 Å². The van der Waals surface area contributed by atoms with Gasteiger partial charge in [0.25, 0.3) is 0 Å². The van der Waals surface area contributed by atoms with Crippen LogP contribution in [-0.2, 0) is 13.6 Å². The van der Waals surface area contributed by atoms with E-state index in [-0.39, 0.29) is 0 Å². The van der Waals surface area contributed by atoms with Crippen molar-refractivity contribution < 1.29 is 0 Å². The molecule has 0 atom stereocenters. The minimum absolute atomic E-state index is 0.620. The lowest BCUT2D eigenvalue weighted by atomic mass is 10.2. The number of guanidine groups is 1. The molecule has 0 saturated heterocycles. The summed E-state index contributed by atoms with van der Waals surface area (Å²) in [4.78, 5) is 10.9. The van der Waals surface area contributed by atoms with E-state index < -0.39 is 0 Å². The molecule has 1 saturated carbocycles. The monoisotopic (exact) mass is 293 g/mol. The highest BCUT2D eigenvalue weighted by Gasteiger charge is 2.18. The van der Waals surface area contributed by atoms with Gasteiger partial charge in [0.1, 0.15) is 12.2 Å². The van der Waals surface area contributed by atoms with Gasteiger partial charge in [0.15, 0.2) is 5.96 Å². The molecule has 1 aliphatic carbocycles. The topological polar surface area (TPSA) is 70.4 Å². The lowest BCUT2D eigenvalue weighted by molar-refractivity contribution is 0.249. The summed E-state index contributed by atoms with van der Waals surface area (Å²) in [6.07, 6.45) is 7.00. The molecule has 0 radical (unpaired) electrons. The van der Waals surface area contributed by atoms with Crippen LogP contribution in [-0.4, -0.2) is 58.9 Å². The second-order valence-corrected chi connectivity index (χ2v) is 5.57. The highest BCUT2D eigenvalue weighted by atomic mass is 15.3. The van der Waals surface area contributed by atoms with Gasteiger partial charge in [0.05, 0.1) is 6.54 Å². The van der Waals surface area contributed by atoms with Crippen LogP contribution in [0.5, 0.6) is 0 Å². The third-order valence-corrected chi connectivity index (χ3v) is 4.15. The number of aromatic nitrogens is 3. The van der Waals surface area contributed by atoms with E-state index in [9.17, 15) is 0 Å². The standard InChI is InChI=1S/C14H27N7/c1-15-14(17-10-13-18-11-19-21(13)3)16-8-9-20(2)12-6-4-5-7-12/h11-12H,4-10H2,1-3H3,(H2,15,16,17). The number of aliphatic imine (C=N–C) groups is 1. The highest BCUT2D eigenvalue weighted by molar-refractivity contribution is 5.79. The van der Waals surface area contributed by atoms with Gasteiger partial charge in [-0.15, -0.1) is 0 Å². The van der Waals surface area contributed by atoms with Gasteiger partial charge in [-0.2, -0.15) is 5.10 Å². The average molecular weight is 293 g/mol. The van der Waals surface area contributed by atoms with E-state index in [1.807, 2.05) is 7.05 Å². The van der Waals surface area contributed by atoms with Crippen molar-refractivity contribution in [2.75, 3.05) is 27.2 Å². The Hall–Kier alpha value is -1.63. The van der Waals surface area contributed by atoms with Gasteiger partial charge in [-0.3, -0.25) is 9.67 Å². The maximum absolute atomic E-state index is 4.23. The largest absolute Gasteiger partial charge is 0.355 e. The summed E-state index contributed by atoms with van der Waals surface area (Å²) in [7, 11) is 5.89. The molecule has 1 aliphatic rings. The zero-order valence-corrected chi connectivity index (χ0v) is 13.3. The zero-order chi connectivity index (χ0) is 15.1. The number of likely N-dealkylation sites (N-methyl/N-ethyl adjacent to an activating group) is 1. The third kappa shape index (κ3) is 4.70. The van der Waals surface area contributed by atoms with E-state index in [1.165, 1.54) is 25.7 Å². The van der Waals surface area contributed by atoms with E-state index in [1.54, 1.807) is 18.1 Å². The quantitative estimate of drug-likeness (QED) is 0.585. The molecular weight excluding hydrogens is 266 g/mol. The fraction of sp³-hybridized carbons (Fsp3) is 0.786. The number of nitrogens with one attached hydrogen (secondary N) is 2. The Morgan fingerprint density at radius 2 is 2.19 bits per heavy atom. The van der Waals surface area contributed by atoms with E-state index in [0.717, 1.165) is 30.9 Å². The summed E-state index contributed by atoms with van der Waals surface area (Å²) in [6.45, 7) is 2.55. The molecule has 0 unspecified atom stereocenters. The summed E-state index contributed by atoms with van der Waals surface area (Å²) < 4.78 is 1.76. The number of aryl methyl sites for hydroxylation is 1. The molecular formula is C14H27N7. The minimum atomic E-state index is 0.620. The molecule has 0 aliphatic heterocycles. The molecule has 1 heterocycles. The van der Waals surface area contributed by atoms with E-state index in [2.05, 4.69) is 37.7 Å². The number of rotatable bonds is 6. The summed E-state index contributed by atoms with van der Waals surface area (Å²) >= 11 is 0. The molecule has 7 nitrogen and oxygen atoms in total. The predicted molar refractivity (Wildman–Crippen MR) is 84.1 cm³/mol. The number of nitrogens with zero attached hydrogens (tertiary/aromatic N) is 5. The van der Waals surface area contributed by atoms with Gasteiger partial charge < -0.3 is 15.5 Å². The molecule has 0 spiro atoms. The lowest BCUT2D eigenvalue weighted by Gasteiger charge is -2.24. The highest BCUT2D eigenvalue weighted by Crippen LogP contribution is 2.21. The Balaban J connectivity index is 1.67. The van der Waals surface area contributed by atoms with Crippen molar-refractivity contribution in [3.8, 4) is 0 Å². The summed E-state index contributed by atoms with van der Waals surface area (Å²) in [5.74, 6) is 1.69. The fourth-order valence-electron chi connectivity index (χ4n) is 2.74. The van der Waals surface area contributed by atoms with Crippen molar-refractivity contribution >= 4 is 5.96 Å². The molecule has 0 amide bonds. The molecule has 2 rings (SSSR count). The van der Waals surface area contributed by atoms with Crippen LogP contribution >= 0.6 is 0 Å². The molecule has 0 aromatic carbocycles. The van der Waals surface area contributed by atoms with Crippen molar-refractivity contribution in [3.63, 3.8) is 0 Å². The molecule has 1 aromatic rings. The first-order valence-electron chi connectivity index (χ1n) is 7.68. The number of hydrogen-bond acceptors (Lipinski definition) is 4. The van der Waals surface area contributed by atoms with Gasteiger partial charge in [-0.1, -0.05) is 12.8 Å².